The molecule has 0 heterocycles. The Labute approximate surface area is 424 Å². The van der Waals surface area contributed by atoms with E-state index in [-0.39, 0.29) is 31.0 Å². The van der Waals surface area contributed by atoms with E-state index in [0.29, 0.717) is 30.4 Å². The summed E-state index contributed by atoms with van der Waals surface area (Å²) in [6, 6.07) is 0. The number of allylic oxidation sites excluding steroid dienone is 4. The van der Waals surface area contributed by atoms with E-state index in [4.69, 9.17) is 25.1 Å². The van der Waals surface area contributed by atoms with Gasteiger partial charge in [-0.3, -0.25) is 14.4 Å². The van der Waals surface area contributed by atoms with Crippen molar-refractivity contribution < 1.29 is 51.4 Å². The number of unbranched alkanes of at least 4 members (excludes halogenated alkanes) is 23. The zero-order chi connectivity index (χ0) is 52.2. The van der Waals surface area contributed by atoms with Crippen LogP contribution in [0.3, 0.4) is 0 Å². The van der Waals surface area contributed by atoms with Crippen molar-refractivity contribution in [3.63, 3.8) is 0 Å². The van der Waals surface area contributed by atoms with E-state index in [9.17, 15) is 27.6 Å². The standard InChI is InChI=1S/C53H103N5O5.C2HF3O2/c1-5-7-9-11-13-15-17-19-21-23-25-27-29-31-33-39-52(60)62-49-50(63-53(61)40-34-32-30-28-26-24-22-20-18-16-14-12-10-8-6-2)47-58(3,4)48-51(59)57-46-38-45-56-43-36-35-42-55-44-37-41-54;3-2(4,5)1(6)7/h19-22,50,55-56H,5-18,23-49,54H2,1-4H3;(H,6,7)/b21-19+,22-20+;. The Kier molecular flexibility index (Phi) is 50.2. The largest absolute Gasteiger partial charge is 0.542 e. The zero-order valence-corrected chi connectivity index (χ0v) is 44.9. The van der Waals surface area contributed by atoms with Gasteiger partial charge in [0.1, 0.15) is 19.1 Å². The molecule has 12 nitrogen and oxygen atoms in total. The average molecular weight is 1000 g/mol. The lowest BCUT2D eigenvalue weighted by Crippen LogP contribution is -2.52. The van der Waals surface area contributed by atoms with Gasteiger partial charge in [-0.1, -0.05) is 141 Å². The number of rotatable bonds is 49. The maximum absolute atomic E-state index is 13.0. The highest BCUT2D eigenvalue weighted by Crippen LogP contribution is 2.15. The van der Waals surface area contributed by atoms with Crippen molar-refractivity contribution in [2.45, 2.75) is 232 Å². The van der Waals surface area contributed by atoms with Crippen LogP contribution in [0.2, 0.25) is 0 Å². The van der Waals surface area contributed by atoms with Crippen molar-refractivity contribution in [2.24, 2.45) is 5.73 Å². The van der Waals surface area contributed by atoms with Gasteiger partial charge in [0.2, 0.25) is 0 Å². The molecule has 0 aromatic carbocycles. The molecule has 0 rings (SSSR count). The predicted molar refractivity (Wildman–Crippen MR) is 279 cm³/mol. The molecule has 0 saturated heterocycles. The summed E-state index contributed by atoms with van der Waals surface area (Å²) in [6.45, 7) is 10.3. The Balaban J connectivity index is 0. The number of alkyl halides is 3. The van der Waals surface area contributed by atoms with Gasteiger partial charge in [0, 0.05) is 19.4 Å². The lowest BCUT2D eigenvalue weighted by molar-refractivity contribution is -0.885. The number of carbonyl (C=O) groups excluding carboxylic acids is 4. The van der Waals surface area contributed by atoms with Crippen LogP contribution >= 0.6 is 0 Å². The molecule has 0 fully saturated rings. The van der Waals surface area contributed by atoms with Gasteiger partial charge in [0.25, 0.3) is 5.91 Å². The molecule has 70 heavy (non-hydrogen) atoms. The minimum absolute atomic E-state index is 0.0146. The molecule has 0 bridgehead atoms. The summed E-state index contributed by atoms with van der Waals surface area (Å²) in [5, 5.41) is 18.7. The first kappa shape index (κ1) is 69.1. The first-order chi connectivity index (χ1) is 33.7. The number of carboxylic acid groups (broad SMARTS) is 1. The van der Waals surface area contributed by atoms with Crippen LogP contribution in [0.25, 0.3) is 0 Å². The Bertz CT molecular complexity index is 1290. The van der Waals surface area contributed by atoms with E-state index >= 15 is 0 Å². The fourth-order valence-electron chi connectivity index (χ4n) is 7.79. The van der Waals surface area contributed by atoms with Gasteiger partial charge < -0.3 is 45.5 Å². The number of esters is 2. The van der Waals surface area contributed by atoms with Crippen molar-refractivity contribution in [2.75, 3.05) is 73.1 Å². The second-order valence-corrected chi connectivity index (χ2v) is 19.6. The highest BCUT2D eigenvalue weighted by molar-refractivity contribution is 5.77. The summed E-state index contributed by atoms with van der Waals surface area (Å²) >= 11 is 0. The average Bonchev–Trinajstić information content (AvgIpc) is 3.30. The van der Waals surface area contributed by atoms with Crippen molar-refractivity contribution in [1.29, 1.82) is 0 Å². The molecule has 1 unspecified atom stereocenters. The molecule has 0 aliphatic heterocycles. The van der Waals surface area contributed by atoms with Gasteiger partial charge >= 0.3 is 18.1 Å². The number of carbonyl (C=O) groups is 4. The van der Waals surface area contributed by atoms with E-state index in [1.807, 2.05) is 14.1 Å². The molecule has 0 aliphatic rings. The Morgan fingerprint density at radius 1 is 0.557 bits per heavy atom. The Morgan fingerprint density at radius 2 is 0.943 bits per heavy atom. The maximum Gasteiger partial charge on any atom is 0.430 e. The van der Waals surface area contributed by atoms with Gasteiger partial charge in [-0.15, -0.1) is 0 Å². The minimum atomic E-state index is -5.19. The molecule has 0 radical (unpaired) electrons. The molecule has 0 saturated carbocycles. The monoisotopic (exact) mass is 1000 g/mol. The zero-order valence-electron chi connectivity index (χ0n) is 44.9. The summed E-state index contributed by atoms with van der Waals surface area (Å²) in [5.41, 5.74) is 5.53. The molecule has 1 amide bonds. The quantitative estimate of drug-likeness (QED) is 0.0199. The van der Waals surface area contributed by atoms with E-state index in [0.717, 1.165) is 110 Å². The number of nitrogens with one attached hydrogen (secondary N) is 3. The summed E-state index contributed by atoms with van der Waals surface area (Å²) in [5.74, 6) is -3.55. The highest BCUT2D eigenvalue weighted by Gasteiger charge is 2.29. The molecule has 15 heteroatoms. The van der Waals surface area contributed by atoms with Crippen LogP contribution in [0.1, 0.15) is 219 Å². The number of nitrogens with zero attached hydrogens (tertiary/aromatic N) is 1. The normalized spacial score (nSPS) is 12.3. The molecule has 412 valence electrons. The number of carboxylic acids is 1. The number of ether oxygens (including phenoxy) is 2. The van der Waals surface area contributed by atoms with E-state index in [2.05, 4.69) is 54.1 Å². The Hall–Kier alpha value is -3.01. The van der Waals surface area contributed by atoms with Crippen molar-refractivity contribution >= 4 is 23.8 Å². The number of likely N-dealkylation sites (N-methyl/N-ethyl adjacent to an activating group) is 1. The third kappa shape index (κ3) is 54.3. The van der Waals surface area contributed by atoms with E-state index < -0.39 is 18.2 Å². The Morgan fingerprint density at radius 3 is 1.37 bits per heavy atom. The second kappa shape index (κ2) is 50.9. The number of halogens is 3. The van der Waals surface area contributed by atoms with Gasteiger partial charge in [-0.2, -0.15) is 13.2 Å². The first-order valence-electron chi connectivity index (χ1n) is 27.8. The fourth-order valence-corrected chi connectivity index (χ4v) is 7.79. The lowest BCUT2D eigenvalue weighted by atomic mass is 10.1. The maximum atomic E-state index is 13.0. The van der Waals surface area contributed by atoms with Crippen LogP contribution in [0.15, 0.2) is 24.3 Å². The van der Waals surface area contributed by atoms with Crippen LogP contribution < -0.4 is 26.8 Å². The first-order valence-corrected chi connectivity index (χ1v) is 27.8. The smallest absolute Gasteiger partial charge is 0.430 e. The van der Waals surface area contributed by atoms with Crippen molar-refractivity contribution in [3.8, 4) is 0 Å². The van der Waals surface area contributed by atoms with Gasteiger partial charge in [0.05, 0.1) is 14.1 Å². The third-order valence-electron chi connectivity index (χ3n) is 11.9. The molecule has 5 N–H and O–H groups in total. The number of hydrogen-bond acceptors (Lipinski definition) is 10. The minimum Gasteiger partial charge on any atom is -0.542 e. The molecule has 0 aromatic rings. The van der Waals surface area contributed by atoms with Crippen molar-refractivity contribution in [3.05, 3.63) is 24.3 Å². The molecule has 0 spiro atoms. The predicted octanol–water partition coefficient (Wildman–Crippen LogP) is 10.7. The number of amides is 1. The topological polar surface area (TPSA) is 172 Å². The van der Waals surface area contributed by atoms with E-state index in [1.165, 1.54) is 116 Å². The van der Waals surface area contributed by atoms with Gasteiger partial charge in [0.15, 0.2) is 12.6 Å². The van der Waals surface area contributed by atoms with Gasteiger partial charge in [-0.05, 0) is 123 Å². The summed E-state index contributed by atoms with van der Waals surface area (Å²) < 4.78 is 43.5. The summed E-state index contributed by atoms with van der Waals surface area (Å²) in [6.07, 6.45) is 39.8. The van der Waals surface area contributed by atoms with Crippen molar-refractivity contribution in [1.82, 2.24) is 16.0 Å². The molecule has 0 aliphatic carbocycles. The molecule has 0 aromatic heterocycles. The van der Waals surface area contributed by atoms with Crippen LogP contribution in [-0.4, -0.2) is 114 Å². The SMILES string of the molecule is CCCCCCCC/C=C/CCCCCCCC(=O)OCC(C[N+](C)(C)CC(=O)NCCCNCCCCNCCCN)OC(=O)CCCCCCC/C=C/CCCCCCCC.O=C([O-])C(F)(F)F. The number of hydrogen-bond donors (Lipinski definition) is 4. The highest BCUT2D eigenvalue weighted by atomic mass is 19.4. The molecular weight excluding hydrogens is 900 g/mol. The third-order valence-corrected chi connectivity index (χ3v) is 11.9. The van der Waals surface area contributed by atoms with Gasteiger partial charge in [-0.25, -0.2) is 0 Å². The molecular formula is C55H104F3N5O7. The summed E-state index contributed by atoms with van der Waals surface area (Å²) in [4.78, 5) is 47.5. The number of nitrogens with two attached hydrogens (primary N) is 1. The van der Waals surface area contributed by atoms with Crippen LogP contribution in [-0.2, 0) is 28.7 Å². The van der Waals surface area contributed by atoms with Crippen LogP contribution in [0.5, 0.6) is 0 Å². The summed E-state index contributed by atoms with van der Waals surface area (Å²) in [7, 11) is 3.92. The number of aliphatic carboxylic acids is 1. The van der Waals surface area contributed by atoms with Crippen LogP contribution in [0, 0.1) is 0 Å². The van der Waals surface area contributed by atoms with E-state index in [1.54, 1.807) is 0 Å². The second-order valence-electron chi connectivity index (χ2n) is 19.6. The number of quaternary nitrogens is 1. The van der Waals surface area contributed by atoms with Crippen LogP contribution in [0.4, 0.5) is 13.2 Å². The fraction of sp³-hybridized carbons (Fsp3) is 0.855. The lowest BCUT2D eigenvalue weighted by Gasteiger charge is -2.32. The molecule has 1 atom stereocenters.